The third-order valence-corrected chi connectivity index (χ3v) is 5.22. The first kappa shape index (κ1) is 15.9. The predicted octanol–water partition coefficient (Wildman–Crippen LogP) is 2.03. The first-order chi connectivity index (χ1) is 10.9. The number of hydrogen-bond donors (Lipinski definition) is 1. The zero-order valence-corrected chi connectivity index (χ0v) is 13.7. The van der Waals surface area contributed by atoms with Crippen molar-refractivity contribution in [3.05, 3.63) is 35.2 Å². The minimum atomic E-state index is 0.213. The number of rotatable bonds is 7. The fourth-order valence-electron chi connectivity index (χ4n) is 2.92. The van der Waals surface area contributed by atoms with Gasteiger partial charge in [0.1, 0.15) is 0 Å². The van der Waals surface area contributed by atoms with Crippen molar-refractivity contribution in [2.24, 2.45) is 0 Å². The number of nitrogens with zero attached hydrogens (tertiary/aromatic N) is 2. The van der Waals surface area contributed by atoms with Crippen LogP contribution in [0.5, 0.6) is 0 Å². The summed E-state index contributed by atoms with van der Waals surface area (Å²) in [6, 6.07) is 8.56. The normalized spacial score (nSPS) is 16.6. The standard InChI is InChI=1S/C17H24N2O2S/c20-10-7-19(6-5-18-8-11-21-12-9-18)13-15-14-22-17-4-2-1-3-16(15)17/h1-4,14,20H,5-13H2. The summed E-state index contributed by atoms with van der Waals surface area (Å²) >= 11 is 1.80. The molecule has 22 heavy (non-hydrogen) atoms. The predicted molar refractivity (Wildman–Crippen MR) is 91.4 cm³/mol. The van der Waals surface area contributed by atoms with Crippen LogP contribution in [-0.4, -0.2) is 67.5 Å². The van der Waals surface area contributed by atoms with Gasteiger partial charge in [-0.2, -0.15) is 0 Å². The molecule has 1 fully saturated rings. The lowest BCUT2D eigenvalue weighted by molar-refractivity contribution is 0.0320. The Labute approximate surface area is 135 Å². The van der Waals surface area contributed by atoms with Crippen molar-refractivity contribution in [3.8, 4) is 0 Å². The minimum Gasteiger partial charge on any atom is -0.395 e. The summed E-state index contributed by atoms with van der Waals surface area (Å²) in [6.45, 7) is 7.62. The van der Waals surface area contributed by atoms with E-state index in [0.717, 1.165) is 52.5 Å². The second kappa shape index (κ2) is 8.04. The molecule has 120 valence electrons. The van der Waals surface area contributed by atoms with Crippen molar-refractivity contribution < 1.29 is 9.84 Å². The zero-order chi connectivity index (χ0) is 15.2. The van der Waals surface area contributed by atoms with Gasteiger partial charge in [-0.3, -0.25) is 9.80 Å². The molecule has 4 nitrogen and oxygen atoms in total. The molecule has 2 aromatic rings. The van der Waals surface area contributed by atoms with Crippen LogP contribution in [-0.2, 0) is 11.3 Å². The fraction of sp³-hybridized carbons (Fsp3) is 0.529. The molecule has 1 aromatic heterocycles. The SMILES string of the molecule is OCCN(CCN1CCOCC1)Cc1csc2ccccc12. The third kappa shape index (κ3) is 4.06. The number of fused-ring (bicyclic) bond motifs is 1. The van der Waals surface area contributed by atoms with Gasteiger partial charge in [-0.15, -0.1) is 11.3 Å². The molecule has 2 heterocycles. The molecular formula is C17H24N2O2S. The van der Waals surface area contributed by atoms with Crippen molar-refractivity contribution in [2.75, 3.05) is 52.5 Å². The highest BCUT2D eigenvalue weighted by atomic mass is 32.1. The molecule has 0 aliphatic carbocycles. The van der Waals surface area contributed by atoms with Gasteiger partial charge in [0, 0.05) is 44.0 Å². The highest BCUT2D eigenvalue weighted by Gasteiger charge is 2.14. The van der Waals surface area contributed by atoms with Gasteiger partial charge in [0.25, 0.3) is 0 Å². The Hall–Kier alpha value is -0.980. The van der Waals surface area contributed by atoms with Gasteiger partial charge in [0.2, 0.25) is 0 Å². The van der Waals surface area contributed by atoms with E-state index in [0.29, 0.717) is 0 Å². The van der Waals surface area contributed by atoms with E-state index in [9.17, 15) is 5.11 Å². The summed E-state index contributed by atoms with van der Waals surface area (Å²) in [6.07, 6.45) is 0. The van der Waals surface area contributed by atoms with Crippen LogP contribution < -0.4 is 0 Å². The molecule has 0 saturated carbocycles. The van der Waals surface area contributed by atoms with E-state index in [1.807, 2.05) is 0 Å². The fourth-order valence-corrected chi connectivity index (χ4v) is 3.87. The van der Waals surface area contributed by atoms with Crippen LogP contribution in [0.25, 0.3) is 10.1 Å². The molecule has 1 aliphatic heterocycles. The molecule has 3 rings (SSSR count). The van der Waals surface area contributed by atoms with Crippen molar-refractivity contribution in [2.45, 2.75) is 6.54 Å². The Morgan fingerprint density at radius 1 is 1.18 bits per heavy atom. The molecule has 1 aromatic carbocycles. The van der Waals surface area contributed by atoms with E-state index in [1.54, 1.807) is 11.3 Å². The quantitative estimate of drug-likeness (QED) is 0.847. The lowest BCUT2D eigenvalue weighted by Crippen LogP contribution is -2.41. The van der Waals surface area contributed by atoms with E-state index in [4.69, 9.17) is 4.74 Å². The van der Waals surface area contributed by atoms with Gasteiger partial charge < -0.3 is 9.84 Å². The maximum atomic E-state index is 9.34. The number of aliphatic hydroxyl groups excluding tert-OH is 1. The summed E-state index contributed by atoms with van der Waals surface area (Å²) in [5, 5.41) is 12.9. The molecule has 0 spiro atoms. The Morgan fingerprint density at radius 2 is 2.00 bits per heavy atom. The third-order valence-electron chi connectivity index (χ3n) is 4.21. The van der Waals surface area contributed by atoms with Crippen molar-refractivity contribution >= 4 is 21.4 Å². The van der Waals surface area contributed by atoms with Crippen LogP contribution in [0.1, 0.15) is 5.56 Å². The Balaban J connectivity index is 1.60. The summed E-state index contributed by atoms with van der Waals surface area (Å²) < 4.78 is 6.74. The summed E-state index contributed by atoms with van der Waals surface area (Å²) in [7, 11) is 0. The molecule has 1 saturated heterocycles. The maximum Gasteiger partial charge on any atom is 0.0594 e. The van der Waals surface area contributed by atoms with E-state index in [2.05, 4.69) is 39.4 Å². The summed E-state index contributed by atoms with van der Waals surface area (Å²) in [4.78, 5) is 4.80. The zero-order valence-electron chi connectivity index (χ0n) is 12.9. The summed E-state index contributed by atoms with van der Waals surface area (Å²) in [5.74, 6) is 0. The average molecular weight is 320 g/mol. The van der Waals surface area contributed by atoms with E-state index >= 15 is 0 Å². The molecule has 1 N–H and O–H groups in total. The minimum absolute atomic E-state index is 0.213. The van der Waals surface area contributed by atoms with Crippen molar-refractivity contribution in [1.82, 2.24) is 9.80 Å². The smallest absolute Gasteiger partial charge is 0.0594 e. The topological polar surface area (TPSA) is 35.9 Å². The Bertz CT molecular complexity index is 581. The molecule has 1 aliphatic rings. The summed E-state index contributed by atoms with van der Waals surface area (Å²) in [5.41, 5.74) is 1.37. The number of morpholine rings is 1. The second-order valence-corrected chi connectivity index (χ2v) is 6.62. The second-order valence-electron chi connectivity index (χ2n) is 5.71. The van der Waals surface area contributed by atoms with Crippen LogP contribution in [0.4, 0.5) is 0 Å². The number of thiophene rings is 1. The molecule has 0 bridgehead atoms. The number of aliphatic hydroxyl groups is 1. The van der Waals surface area contributed by atoms with E-state index in [1.165, 1.54) is 15.6 Å². The number of hydrogen-bond acceptors (Lipinski definition) is 5. The highest BCUT2D eigenvalue weighted by molar-refractivity contribution is 7.17. The van der Waals surface area contributed by atoms with E-state index < -0.39 is 0 Å². The van der Waals surface area contributed by atoms with Gasteiger partial charge in [0.05, 0.1) is 19.8 Å². The van der Waals surface area contributed by atoms with Gasteiger partial charge in [-0.1, -0.05) is 18.2 Å². The maximum absolute atomic E-state index is 9.34. The van der Waals surface area contributed by atoms with Crippen LogP contribution in [0.2, 0.25) is 0 Å². The number of ether oxygens (including phenoxy) is 1. The molecule has 0 radical (unpaired) electrons. The highest BCUT2D eigenvalue weighted by Crippen LogP contribution is 2.26. The monoisotopic (exact) mass is 320 g/mol. The largest absolute Gasteiger partial charge is 0.395 e. The van der Waals surface area contributed by atoms with Gasteiger partial charge in [-0.05, 0) is 22.4 Å². The van der Waals surface area contributed by atoms with Crippen molar-refractivity contribution in [3.63, 3.8) is 0 Å². The van der Waals surface area contributed by atoms with Crippen LogP contribution in [0.15, 0.2) is 29.6 Å². The molecule has 0 atom stereocenters. The average Bonchev–Trinajstić information content (AvgIpc) is 2.97. The van der Waals surface area contributed by atoms with Crippen LogP contribution >= 0.6 is 11.3 Å². The lowest BCUT2D eigenvalue weighted by atomic mass is 10.1. The number of benzene rings is 1. The Kier molecular flexibility index (Phi) is 5.81. The Morgan fingerprint density at radius 3 is 2.82 bits per heavy atom. The van der Waals surface area contributed by atoms with Gasteiger partial charge in [0.15, 0.2) is 0 Å². The first-order valence-corrected chi connectivity index (χ1v) is 8.83. The molecule has 0 amide bonds. The van der Waals surface area contributed by atoms with Crippen LogP contribution in [0, 0.1) is 0 Å². The van der Waals surface area contributed by atoms with Gasteiger partial charge in [-0.25, -0.2) is 0 Å². The first-order valence-electron chi connectivity index (χ1n) is 7.95. The lowest BCUT2D eigenvalue weighted by Gasteiger charge is -2.29. The van der Waals surface area contributed by atoms with Crippen LogP contribution in [0.3, 0.4) is 0 Å². The molecule has 0 unspecified atom stereocenters. The molecular weight excluding hydrogens is 296 g/mol. The van der Waals surface area contributed by atoms with Gasteiger partial charge >= 0.3 is 0 Å². The van der Waals surface area contributed by atoms with E-state index in [-0.39, 0.29) is 6.61 Å². The molecule has 5 heteroatoms. The van der Waals surface area contributed by atoms with Crippen molar-refractivity contribution in [1.29, 1.82) is 0 Å².